The standard InChI is InChI=1S/C18H25N5O2/c1-3-22-9-11-23(12-10-22)18(24)19-14(2)17-20-16(21-25-17)13-15-7-5-4-6-8-15/h4-8,14H,3,9-13H2,1-2H3,(H,19,24)/t14-/m1/s1. The summed E-state index contributed by atoms with van der Waals surface area (Å²) in [6.07, 6.45) is 0.615. The third-order valence-corrected chi connectivity index (χ3v) is 4.51. The minimum atomic E-state index is -0.311. The maximum atomic E-state index is 12.4. The molecule has 2 amide bonds. The summed E-state index contributed by atoms with van der Waals surface area (Å²) in [6, 6.07) is 9.60. The van der Waals surface area contributed by atoms with E-state index in [-0.39, 0.29) is 12.1 Å². The van der Waals surface area contributed by atoms with Gasteiger partial charge < -0.3 is 19.6 Å². The Kier molecular flexibility index (Phi) is 5.65. The summed E-state index contributed by atoms with van der Waals surface area (Å²) in [6.45, 7) is 8.35. The van der Waals surface area contributed by atoms with E-state index < -0.39 is 0 Å². The zero-order chi connectivity index (χ0) is 17.6. The van der Waals surface area contributed by atoms with Gasteiger partial charge >= 0.3 is 6.03 Å². The van der Waals surface area contributed by atoms with Crippen LogP contribution in [0, 0.1) is 0 Å². The molecule has 1 atom stereocenters. The molecule has 7 heteroatoms. The molecular formula is C18H25N5O2. The number of rotatable bonds is 5. The van der Waals surface area contributed by atoms with Crippen molar-refractivity contribution in [2.24, 2.45) is 0 Å². The number of urea groups is 1. The van der Waals surface area contributed by atoms with Gasteiger partial charge in [0.1, 0.15) is 6.04 Å². The van der Waals surface area contributed by atoms with Gasteiger partial charge in [0.05, 0.1) is 0 Å². The summed E-state index contributed by atoms with van der Waals surface area (Å²) in [5, 5.41) is 6.96. The van der Waals surface area contributed by atoms with Crippen molar-refractivity contribution in [2.75, 3.05) is 32.7 Å². The average Bonchev–Trinajstić information content (AvgIpc) is 3.11. The second kappa shape index (κ2) is 8.11. The highest BCUT2D eigenvalue weighted by atomic mass is 16.5. The number of carbonyl (C=O) groups is 1. The Morgan fingerprint density at radius 2 is 1.96 bits per heavy atom. The summed E-state index contributed by atoms with van der Waals surface area (Å²) < 4.78 is 5.32. The monoisotopic (exact) mass is 343 g/mol. The van der Waals surface area contributed by atoms with E-state index in [0.29, 0.717) is 18.1 Å². The Morgan fingerprint density at radius 3 is 2.64 bits per heavy atom. The molecule has 0 unspecified atom stereocenters. The van der Waals surface area contributed by atoms with Crippen LogP contribution >= 0.6 is 0 Å². The molecule has 1 saturated heterocycles. The lowest BCUT2D eigenvalue weighted by molar-refractivity contribution is 0.140. The molecule has 25 heavy (non-hydrogen) atoms. The number of amides is 2. The molecule has 1 aliphatic rings. The van der Waals surface area contributed by atoms with Crippen molar-refractivity contribution >= 4 is 6.03 Å². The summed E-state index contributed by atoms with van der Waals surface area (Å²) in [5.41, 5.74) is 1.13. The van der Waals surface area contributed by atoms with Crippen LogP contribution in [-0.2, 0) is 6.42 Å². The van der Waals surface area contributed by atoms with Gasteiger partial charge in [-0.2, -0.15) is 4.98 Å². The van der Waals surface area contributed by atoms with Crippen LogP contribution in [0.15, 0.2) is 34.9 Å². The van der Waals surface area contributed by atoms with E-state index in [0.717, 1.165) is 38.3 Å². The van der Waals surface area contributed by atoms with E-state index in [1.54, 1.807) is 0 Å². The molecule has 134 valence electrons. The Morgan fingerprint density at radius 1 is 1.24 bits per heavy atom. The van der Waals surface area contributed by atoms with E-state index in [2.05, 4.69) is 27.3 Å². The second-order valence-corrected chi connectivity index (χ2v) is 6.30. The van der Waals surface area contributed by atoms with Crippen LogP contribution in [0.1, 0.15) is 37.2 Å². The molecule has 1 aliphatic heterocycles. The van der Waals surface area contributed by atoms with Crippen LogP contribution in [0.3, 0.4) is 0 Å². The smallest absolute Gasteiger partial charge is 0.318 e. The van der Waals surface area contributed by atoms with E-state index in [9.17, 15) is 4.79 Å². The Balaban J connectivity index is 1.53. The number of likely N-dealkylation sites (N-methyl/N-ethyl adjacent to an activating group) is 1. The van der Waals surface area contributed by atoms with Crippen molar-refractivity contribution in [2.45, 2.75) is 26.3 Å². The fraction of sp³-hybridized carbons (Fsp3) is 0.500. The maximum absolute atomic E-state index is 12.4. The first-order valence-electron chi connectivity index (χ1n) is 8.80. The highest BCUT2D eigenvalue weighted by molar-refractivity contribution is 5.74. The molecule has 0 saturated carbocycles. The molecule has 1 aromatic heterocycles. The first-order valence-corrected chi connectivity index (χ1v) is 8.80. The van der Waals surface area contributed by atoms with Crippen LogP contribution in [0.5, 0.6) is 0 Å². The van der Waals surface area contributed by atoms with Crippen molar-refractivity contribution < 1.29 is 9.32 Å². The topological polar surface area (TPSA) is 74.5 Å². The van der Waals surface area contributed by atoms with Gasteiger partial charge in [0.2, 0.25) is 5.89 Å². The minimum Gasteiger partial charge on any atom is -0.337 e. The molecule has 2 aromatic rings. The van der Waals surface area contributed by atoms with Crippen molar-refractivity contribution in [3.8, 4) is 0 Å². The van der Waals surface area contributed by atoms with Crippen LogP contribution in [0.4, 0.5) is 4.79 Å². The highest BCUT2D eigenvalue weighted by Gasteiger charge is 2.23. The molecule has 1 N–H and O–H groups in total. The molecule has 0 radical (unpaired) electrons. The fourth-order valence-corrected chi connectivity index (χ4v) is 2.90. The largest absolute Gasteiger partial charge is 0.337 e. The number of nitrogens with zero attached hydrogens (tertiary/aromatic N) is 4. The number of benzene rings is 1. The lowest BCUT2D eigenvalue weighted by Crippen LogP contribution is -2.51. The quantitative estimate of drug-likeness (QED) is 0.899. The van der Waals surface area contributed by atoms with Gasteiger partial charge in [-0.3, -0.25) is 0 Å². The number of aromatic nitrogens is 2. The van der Waals surface area contributed by atoms with E-state index in [1.807, 2.05) is 42.2 Å². The number of carbonyl (C=O) groups excluding carboxylic acids is 1. The minimum absolute atomic E-state index is 0.0777. The lowest BCUT2D eigenvalue weighted by atomic mass is 10.1. The van der Waals surface area contributed by atoms with Gasteiger partial charge in [-0.25, -0.2) is 4.79 Å². The predicted octanol–water partition coefficient (Wildman–Crippen LogP) is 2.07. The number of nitrogens with one attached hydrogen (secondary N) is 1. The van der Waals surface area contributed by atoms with Crippen LogP contribution in [0.25, 0.3) is 0 Å². The Labute approximate surface area is 148 Å². The summed E-state index contributed by atoms with van der Waals surface area (Å²) in [7, 11) is 0. The van der Waals surface area contributed by atoms with Gasteiger partial charge in [-0.05, 0) is 19.0 Å². The number of hydrogen-bond acceptors (Lipinski definition) is 5. The van der Waals surface area contributed by atoms with Gasteiger partial charge in [-0.1, -0.05) is 42.4 Å². The van der Waals surface area contributed by atoms with E-state index >= 15 is 0 Å². The lowest BCUT2D eigenvalue weighted by Gasteiger charge is -2.34. The van der Waals surface area contributed by atoms with Crippen molar-refractivity contribution in [3.63, 3.8) is 0 Å². The Hall–Kier alpha value is -2.41. The molecular weight excluding hydrogens is 318 g/mol. The number of hydrogen-bond donors (Lipinski definition) is 1. The summed E-state index contributed by atoms with van der Waals surface area (Å²) in [5.74, 6) is 1.06. The third-order valence-electron chi connectivity index (χ3n) is 4.51. The van der Waals surface area contributed by atoms with Crippen LogP contribution in [0.2, 0.25) is 0 Å². The average molecular weight is 343 g/mol. The van der Waals surface area contributed by atoms with Gasteiger partial charge in [0.15, 0.2) is 5.82 Å². The molecule has 0 spiro atoms. The molecule has 1 fully saturated rings. The van der Waals surface area contributed by atoms with Crippen molar-refractivity contribution in [1.82, 2.24) is 25.3 Å². The molecule has 1 aromatic carbocycles. The molecule has 0 aliphatic carbocycles. The zero-order valence-corrected chi connectivity index (χ0v) is 14.8. The molecule has 7 nitrogen and oxygen atoms in total. The fourth-order valence-electron chi connectivity index (χ4n) is 2.90. The van der Waals surface area contributed by atoms with Crippen molar-refractivity contribution in [1.29, 1.82) is 0 Å². The molecule has 0 bridgehead atoms. The predicted molar refractivity (Wildman–Crippen MR) is 94.2 cm³/mol. The van der Waals surface area contributed by atoms with E-state index in [1.165, 1.54) is 0 Å². The SMILES string of the molecule is CCN1CCN(C(=O)N[C@H](C)c2nc(Cc3ccccc3)no2)CC1. The van der Waals surface area contributed by atoms with Gasteiger partial charge in [-0.15, -0.1) is 0 Å². The Bertz CT molecular complexity index is 680. The third kappa shape index (κ3) is 4.57. The number of piperazine rings is 1. The summed E-state index contributed by atoms with van der Waals surface area (Å²) in [4.78, 5) is 21.0. The van der Waals surface area contributed by atoms with Gasteiger partial charge in [0, 0.05) is 32.6 Å². The van der Waals surface area contributed by atoms with E-state index in [4.69, 9.17) is 4.52 Å². The second-order valence-electron chi connectivity index (χ2n) is 6.30. The highest BCUT2D eigenvalue weighted by Crippen LogP contribution is 2.13. The molecule has 3 rings (SSSR count). The first kappa shape index (κ1) is 17.4. The van der Waals surface area contributed by atoms with Crippen LogP contribution in [-0.4, -0.2) is 58.7 Å². The van der Waals surface area contributed by atoms with Gasteiger partial charge in [0.25, 0.3) is 0 Å². The maximum Gasteiger partial charge on any atom is 0.318 e. The first-order chi connectivity index (χ1) is 12.2. The normalized spacial score (nSPS) is 16.6. The zero-order valence-electron chi connectivity index (χ0n) is 14.8. The van der Waals surface area contributed by atoms with Crippen LogP contribution < -0.4 is 5.32 Å². The molecule has 2 heterocycles. The summed E-state index contributed by atoms with van der Waals surface area (Å²) >= 11 is 0. The van der Waals surface area contributed by atoms with Crippen molar-refractivity contribution in [3.05, 3.63) is 47.6 Å².